The molecule has 1 aromatic carbocycles. The lowest BCUT2D eigenvalue weighted by atomic mass is 10.1. The molecular weight excluding hydrogens is 323 g/mol. The molecule has 1 heterocycles. The lowest BCUT2D eigenvalue weighted by Gasteiger charge is -2.38. The van der Waals surface area contributed by atoms with E-state index in [-0.39, 0.29) is 0 Å². The van der Waals surface area contributed by atoms with Gasteiger partial charge in [-0.25, -0.2) is 0 Å². The molecule has 4 nitrogen and oxygen atoms in total. The van der Waals surface area contributed by atoms with Gasteiger partial charge in [-0.2, -0.15) is 0 Å². The maximum atomic E-state index is 10.4. The Balaban J connectivity index is 1.85. The van der Waals surface area contributed by atoms with E-state index in [0.717, 1.165) is 38.3 Å². The highest BCUT2D eigenvalue weighted by atomic mass is 35.5. The van der Waals surface area contributed by atoms with Crippen LogP contribution in [0.15, 0.2) is 18.2 Å². The lowest BCUT2D eigenvalue weighted by Crippen LogP contribution is -2.51. The number of ether oxygens (including phenoxy) is 1. The minimum Gasteiger partial charge on any atom is -0.387 e. The molecule has 0 saturated carbocycles. The van der Waals surface area contributed by atoms with Crippen molar-refractivity contribution in [2.24, 2.45) is 0 Å². The fourth-order valence-electron chi connectivity index (χ4n) is 2.85. The molecule has 1 aliphatic rings. The first-order valence-electron chi connectivity index (χ1n) is 7.59. The number of methoxy groups -OCH3 is 1. The van der Waals surface area contributed by atoms with Gasteiger partial charge >= 0.3 is 0 Å². The molecule has 6 heteroatoms. The lowest BCUT2D eigenvalue weighted by molar-refractivity contribution is 0.0370. The van der Waals surface area contributed by atoms with Gasteiger partial charge in [-0.15, -0.1) is 0 Å². The van der Waals surface area contributed by atoms with Gasteiger partial charge in [-0.05, 0) is 19.1 Å². The van der Waals surface area contributed by atoms with Gasteiger partial charge in [0, 0.05) is 61.5 Å². The fraction of sp³-hybridized carbons (Fsp3) is 0.625. The van der Waals surface area contributed by atoms with E-state index >= 15 is 0 Å². The molecule has 0 radical (unpaired) electrons. The molecular formula is C16H24Cl2N2O2. The number of piperazine rings is 1. The summed E-state index contributed by atoms with van der Waals surface area (Å²) in [5, 5.41) is 11.5. The predicted octanol–water partition coefficient (Wildman–Crippen LogP) is 2.68. The van der Waals surface area contributed by atoms with E-state index < -0.39 is 6.10 Å². The molecule has 0 aliphatic carbocycles. The molecule has 2 atom stereocenters. The van der Waals surface area contributed by atoms with Crippen LogP contribution in [-0.4, -0.2) is 67.4 Å². The quantitative estimate of drug-likeness (QED) is 0.858. The van der Waals surface area contributed by atoms with Crippen molar-refractivity contribution < 1.29 is 9.84 Å². The number of hydrogen-bond acceptors (Lipinski definition) is 4. The second-order valence-corrected chi connectivity index (χ2v) is 6.67. The zero-order valence-electron chi connectivity index (χ0n) is 13.1. The number of halogens is 2. The normalized spacial score (nSPS) is 20.0. The van der Waals surface area contributed by atoms with E-state index in [2.05, 4.69) is 16.7 Å². The van der Waals surface area contributed by atoms with E-state index in [1.165, 1.54) is 0 Å². The highest BCUT2D eigenvalue weighted by Crippen LogP contribution is 2.27. The molecule has 1 aliphatic heterocycles. The number of nitrogens with zero attached hydrogens (tertiary/aromatic N) is 2. The summed E-state index contributed by atoms with van der Waals surface area (Å²) in [5.74, 6) is 0. The van der Waals surface area contributed by atoms with Gasteiger partial charge in [-0.1, -0.05) is 29.3 Å². The topological polar surface area (TPSA) is 35.9 Å². The molecule has 1 fully saturated rings. The van der Waals surface area contributed by atoms with Crippen molar-refractivity contribution >= 4 is 23.2 Å². The van der Waals surface area contributed by atoms with Crippen molar-refractivity contribution in [2.45, 2.75) is 19.1 Å². The van der Waals surface area contributed by atoms with E-state index in [9.17, 15) is 5.11 Å². The van der Waals surface area contributed by atoms with Gasteiger partial charge in [0.05, 0.1) is 12.7 Å². The minimum absolute atomic E-state index is 0.433. The zero-order chi connectivity index (χ0) is 16.1. The van der Waals surface area contributed by atoms with Gasteiger partial charge in [0.25, 0.3) is 0 Å². The standard InChI is InChI=1S/C16H24Cl2N2O2/c1-12(11-22-2)20-7-5-19(6-8-20)10-16(21)14-4-3-13(17)9-15(14)18/h3-4,9,12,16,21H,5-8,10-11H2,1-2H3. The smallest absolute Gasteiger partial charge is 0.0931 e. The second kappa shape index (κ2) is 8.48. The molecule has 124 valence electrons. The average Bonchev–Trinajstić information content (AvgIpc) is 2.48. The third kappa shape index (κ3) is 4.82. The van der Waals surface area contributed by atoms with Crippen LogP contribution in [0.4, 0.5) is 0 Å². The van der Waals surface area contributed by atoms with E-state index in [1.807, 2.05) is 0 Å². The molecule has 0 amide bonds. The van der Waals surface area contributed by atoms with Crippen molar-refractivity contribution in [2.75, 3.05) is 46.4 Å². The Morgan fingerprint density at radius 2 is 1.91 bits per heavy atom. The van der Waals surface area contributed by atoms with Crippen LogP contribution < -0.4 is 0 Å². The molecule has 0 aromatic heterocycles. The maximum Gasteiger partial charge on any atom is 0.0931 e. The van der Waals surface area contributed by atoms with Crippen molar-refractivity contribution in [3.05, 3.63) is 33.8 Å². The Labute approximate surface area is 142 Å². The summed E-state index contributed by atoms with van der Waals surface area (Å²) < 4.78 is 5.21. The van der Waals surface area contributed by atoms with E-state index in [0.29, 0.717) is 22.6 Å². The van der Waals surface area contributed by atoms with Crippen molar-refractivity contribution in [1.82, 2.24) is 9.80 Å². The van der Waals surface area contributed by atoms with Gasteiger partial charge in [0.1, 0.15) is 0 Å². The summed E-state index contributed by atoms with van der Waals surface area (Å²) in [7, 11) is 1.74. The second-order valence-electron chi connectivity index (χ2n) is 5.82. The summed E-state index contributed by atoms with van der Waals surface area (Å²) in [6, 6.07) is 5.66. The number of β-amino-alcohol motifs (C(OH)–C–C–N with tert-alkyl or cyclic N) is 1. The van der Waals surface area contributed by atoms with Crippen LogP contribution in [0.5, 0.6) is 0 Å². The number of rotatable bonds is 6. The first kappa shape index (κ1) is 18.0. The summed E-state index contributed by atoms with van der Waals surface area (Å²) in [6.45, 7) is 7.39. The van der Waals surface area contributed by atoms with Crippen molar-refractivity contribution in [3.8, 4) is 0 Å². The van der Waals surface area contributed by atoms with E-state index in [1.54, 1.807) is 25.3 Å². The molecule has 1 saturated heterocycles. The third-order valence-electron chi connectivity index (χ3n) is 4.19. The number of hydrogen-bond donors (Lipinski definition) is 1. The minimum atomic E-state index is -0.590. The molecule has 1 N–H and O–H groups in total. The molecule has 2 unspecified atom stereocenters. The van der Waals surface area contributed by atoms with Gasteiger partial charge < -0.3 is 9.84 Å². The largest absolute Gasteiger partial charge is 0.387 e. The van der Waals surface area contributed by atoms with Gasteiger partial charge in [0.2, 0.25) is 0 Å². The first-order valence-corrected chi connectivity index (χ1v) is 8.35. The van der Waals surface area contributed by atoms with Crippen LogP contribution in [0.25, 0.3) is 0 Å². The SMILES string of the molecule is COCC(C)N1CCN(CC(O)c2ccc(Cl)cc2Cl)CC1. The van der Waals surface area contributed by atoms with Gasteiger partial charge in [-0.3, -0.25) is 9.80 Å². The van der Waals surface area contributed by atoms with Crippen LogP contribution in [0.2, 0.25) is 10.0 Å². The average molecular weight is 347 g/mol. The Bertz CT molecular complexity index is 479. The highest BCUT2D eigenvalue weighted by Gasteiger charge is 2.23. The summed E-state index contributed by atoms with van der Waals surface area (Å²) >= 11 is 12.0. The molecule has 2 rings (SSSR count). The first-order chi connectivity index (χ1) is 10.5. The third-order valence-corrected chi connectivity index (χ3v) is 4.75. The Kier molecular flexibility index (Phi) is 6.93. The number of benzene rings is 1. The maximum absolute atomic E-state index is 10.4. The Morgan fingerprint density at radius 1 is 1.23 bits per heavy atom. The number of aliphatic hydroxyl groups excluding tert-OH is 1. The van der Waals surface area contributed by atoms with Crippen LogP contribution in [0.1, 0.15) is 18.6 Å². The number of aliphatic hydroxyl groups is 1. The monoisotopic (exact) mass is 346 g/mol. The van der Waals surface area contributed by atoms with Crippen LogP contribution in [0.3, 0.4) is 0 Å². The molecule has 0 spiro atoms. The highest BCUT2D eigenvalue weighted by molar-refractivity contribution is 6.35. The Hall–Kier alpha value is -0.360. The van der Waals surface area contributed by atoms with E-state index in [4.69, 9.17) is 27.9 Å². The summed E-state index contributed by atoms with van der Waals surface area (Å²) in [6.07, 6.45) is -0.590. The molecule has 0 bridgehead atoms. The molecule has 22 heavy (non-hydrogen) atoms. The predicted molar refractivity (Wildman–Crippen MR) is 90.8 cm³/mol. The summed E-state index contributed by atoms with van der Waals surface area (Å²) in [4.78, 5) is 4.69. The van der Waals surface area contributed by atoms with Crippen LogP contribution in [-0.2, 0) is 4.74 Å². The summed E-state index contributed by atoms with van der Waals surface area (Å²) in [5.41, 5.74) is 0.737. The molecule has 1 aromatic rings. The van der Waals surface area contributed by atoms with Crippen LogP contribution >= 0.6 is 23.2 Å². The Morgan fingerprint density at radius 3 is 2.50 bits per heavy atom. The van der Waals surface area contributed by atoms with Gasteiger partial charge in [0.15, 0.2) is 0 Å². The van der Waals surface area contributed by atoms with Crippen molar-refractivity contribution in [3.63, 3.8) is 0 Å². The fourth-order valence-corrected chi connectivity index (χ4v) is 3.38. The van der Waals surface area contributed by atoms with Crippen LogP contribution in [0, 0.1) is 0 Å². The van der Waals surface area contributed by atoms with Crippen molar-refractivity contribution in [1.29, 1.82) is 0 Å². The zero-order valence-corrected chi connectivity index (χ0v) is 14.6.